The van der Waals surface area contributed by atoms with Gasteiger partial charge >= 0.3 is 0 Å². The first-order valence-corrected chi connectivity index (χ1v) is 8.67. The third-order valence-electron chi connectivity index (χ3n) is 4.43. The van der Waals surface area contributed by atoms with E-state index in [-0.39, 0.29) is 10.9 Å². The third kappa shape index (κ3) is 4.02. The summed E-state index contributed by atoms with van der Waals surface area (Å²) in [5.41, 5.74) is 6.17. The molecule has 0 amide bonds. The van der Waals surface area contributed by atoms with Gasteiger partial charge in [-0.3, -0.25) is 4.99 Å². The van der Waals surface area contributed by atoms with Gasteiger partial charge in [-0.2, -0.15) is 11.8 Å². The van der Waals surface area contributed by atoms with Crippen molar-refractivity contribution in [1.29, 1.82) is 0 Å². The molecule has 2 rings (SSSR count). The SMILES string of the molecule is CSC1(CN=C(N)N2CCOC(C)C2)CCN(C)CC1. The highest BCUT2D eigenvalue weighted by Crippen LogP contribution is 2.34. The van der Waals surface area contributed by atoms with Gasteiger partial charge in [0.05, 0.1) is 19.3 Å². The molecule has 5 nitrogen and oxygen atoms in total. The summed E-state index contributed by atoms with van der Waals surface area (Å²) in [5.74, 6) is 0.688. The van der Waals surface area contributed by atoms with Gasteiger partial charge < -0.3 is 20.3 Å². The number of hydrogen-bond donors (Lipinski definition) is 1. The van der Waals surface area contributed by atoms with E-state index in [4.69, 9.17) is 15.5 Å². The zero-order valence-corrected chi connectivity index (χ0v) is 13.8. The summed E-state index contributed by atoms with van der Waals surface area (Å²) in [4.78, 5) is 9.24. The molecule has 2 aliphatic rings. The van der Waals surface area contributed by atoms with Gasteiger partial charge in [0.15, 0.2) is 5.96 Å². The van der Waals surface area contributed by atoms with Crippen LogP contribution in [0.25, 0.3) is 0 Å². The van der Waals surface area contributed by atoms with Crippen LogP contribution in [0.5, 0.6) is 0 Å². The van der Waals surface area contributed by atoms with Crippen molar-refractivity contribution in [2.75, 3.05) is 52.6 Å². The summed E-state index contributed by atoms with van der Waals surface area (Å²) < 4.78 is 5.82. The fourth-order valence-electron chi connectivity index (χ4n) is 2.80. The molecule has 2 fully saturated rings. The quantitative estimate of drug-likeness (QED) is 0.618. The Hall–Kier alpha value is -0.460. The van der Waals surface area contributed by atoms with E-state index in [0.29, 0.717) is 5.96 Å². The highest BCUT2D eigenvalue weighted by molar-refractivity contribution is 8.00. The van der Waals surface area contributed by atoms with Crippen LogP contribution in [-0.2, 0) is 4.74 Å². The summed E-state index contributed by atoms with van der Waals surface area (Å²) >= 11 is 1.95. The van der Waals surface area contributed by atoms with Crippen LogP contribution in [0.3, 0.4) is 0 Å². The number of likely N-dealkylation sites (tertiary alicyclic amines) is 1. The van der Waals surface area contributed by atoms with Gasteiger partial charge in [-0.15, -0.1) is 0 Å². The normalized spacial score (nSPS) is 28.6. The summed E-state index contributed by atoms with van der Waals surface area (Å²) in [6.45, 7) is 7.68. The average molecular weight is 300 g/mol. The molecular formula is C14H28N4OS. The molecule has 0 aromatic heterocycles. The van der Waals surface area contributed by atoms with Crippen LogP contribution < -0.4 is 5.73 Å². The summed E-state index contributed by atoms with van der Waals surface area (Å²) in [7, 11) is 2.19. The van der Waals surface area contributed by atoms with Crippen molar-refractivity contribution >= 4 is 17.7 Å². The molecule has 0 aromatic carbocycles. The lowest BCUT2D eigenvalue weighted by Crippen LogP contribution is -2.49. The van der Waals surface area contributed by atoms with Crippen LogP contribution in [0.4, 0.5) is 0 Å². The molecule has 0 radical (unpaired) electrons. The Labute approximate surface area is 126 Å². The Morgan fingerprint density at radius 3 is 2.70 bits per heavy atom. The van der Waals surface area contributed by atoms with Crippen molar-refractivity contribution in [2.45, 2.75) is 30.6 Å². The second-order valence-corrected chi connectivity index (χ2v) is 7.27. The molecule has 1 atom stereocenters. The van der Waals surface area contributed by atoms with Crippen LogP contribution in [0.1, 0.15) is 19.8 Å². The molecule has 2 N–H and O–H groups in total. The Balaban J connectivity index is 1.92. The maximum Gasteiger partial charge on any atom is 0.191 e. The Kier molecular flexibility index (Phi) is 5.57. The van der Waals surface area contributed by atoms with E-state index >= 15 is 0 Å². The van der Waals surface area contributed by atoms with Crippen LogP contribution in [0.15, 0.2) is 4.99 Å². The highest BCUT2D eigenvalue weighted by Gasteiger charge is 2.33. The first kappa shape index (κ1) is 15.9. The minimum atomic E-state index is 0.246. The molecule has 0 spiro atoms. The summed E-state index contributed by atoms with van der Waals surface area (Å²) in [6, 6.07) is 0. The number of hydrogen-bond acceptors (Lipinski definition) is 4. The summed E-state index contributed by atoms with van der Waals surface area (Å²) in [5, 5.41) is 0. The Morgan fingerprint density at radius 2 is 2.10 bits per heavy atom. The zero-order valence-electron chi connectivity index (χ0n) is 13.0. The fraction of sp³-hybridized carbons (Fsp3) is 0.929. The first-order valence-electron chi connectivity index (χ1n) is 7.45. The maximum absolute atomic E-state index is 6.17. The molecule has 6 heteroatoms. The molecule has 2 saturated heterocycles. The predicted molar refractivity (Wildman–Crippen MR) is 86.5 cm³/mol. The van der Waals surface area contributed by atoms with Crippen molar-refractivity contribution in [2.24, 2.45) is 10.7 Å². The van der Waals surface area contributed by atoms with E-state index in [1.165, 1.54) is 12.8 Å². The smallest absolute Gasteiger partial charge is 0.191 e. The molecule has 116 valence electrons. The molecular weight excluding hydrogens is 272 g/mol. The fourth-order valence-corrected chi connectivity index (χ4v) is 3.59. The van der Waals surface area contributed by atoms with Crippen LogP contribution >= 0.6 is 11.8 Å². The van der Waals surface area contributed by atoms with Gasteiger partial charge in [0.25, 0.3) is 0 Å². The molecule has 0 aliphatic carbocycles. The molecule has 0 saturated carbocycles. The van der Waals surface area contributed by atoms with E-state index in [0.717, 1.165) is 39.3 Å². The summed E-state index contributed by atoms with van der Waals surface area (Å²) in [6.07, 6.45) is 4.84. The lowest BCUT2D eigenvalue weighted by Gasteiger charge is -2.39. The number of guanidine groups is 1. The molecule has 2 heterocycles. The zero-order chi connectivity index (χ0) is 14.6. The topological polar surface area (TPSA) is 54.1 Å². The maximum atomic E-state index is 6.17. The van der Waals surface area contributed by atoms with Crippen molar-refractivity contribution < 1.29 is 4.74 Å². The van der Waals surface area contributed by atoms with Crippen molar-refractivity contribution in [3.05, 3.63) is 0 Å². The lowest BCUT2D eigenvalue weighted by molar-refractivity contribution is 0.00527. The number of aliphatic imine (C=N–C) groups is 1. The minimum absolute atomic E-state index is 0.246. The number of nitrogens with zero attached hydrogens (tertiary/aromatic N) is 3. The van der Waals surface area contributed by atoms with Crippen molar-refractivity contribution in [3.8, 4) is 0 Å². The molecule has 0 bridgehead atoms. The molecule has 2 aliphatic heterocycles. The molecule has 1 unspecified atom stereocenters. The van der Waals surface area contributed by atoms with E-state index in [1.807, 2.05) is 11.8 Å². The number of thioether (sulfide) groups is 1. The van der Waals surface area contributed by atoms with E-state index < -0.39 is 0 Å². The van der Waals surface area contributed by atoms with Gasteiger partial charge in [-0.1, -0.05) is 0 Å². The van der Waals surface area contributed by atoms with Gasteiger partial charge in [0, 0.05) is 17.8 Å². The standard InChI is InChI=1S/C14H28N4OS/c1-12-10-18(8-9-19-12)13(15)16-11-14(20-3)4-6-17(2)7-5-14/h12H,4-11H2,1-3H3,(H2,15,16). The Bertz CT molecular complexity index is 342. The number of piperidine rings is 1. The highest BCUT2D eigenvalue weighted by atomic mass is 32.2. The van der Waals surface area contributed by atoms with Gasteiger partial charge in [-0.05, 0) is 46.2 Å². The molecule has 0 aromatic rings. The van der Waals surface area contributed by atoms with Gasteiger partial charge in [0.1, 0.15) is 0 Å². The van der Waals surface area contributed by atoms with Crippen molar-refractivity contribution in [3.63, 3.8) is 0 Å². The minimum Gasteiger partial charge on any atom is -0.375 e. The second kappa shape index (κ2) is 7.00. The van der Waals surface area contributed by atoms with E-state index in [2.05, 4.69) is 30.0 Å². The van der Waals surface area contributed by atoms with Crippen molar-refractivity contribution in [1.82, 2.24) is 9.80 Å². The first-order chi connectivity index (χ1) is 9.54. The number of nitrogens with two attached hydrogens (primary N) is 1. The lowest BCUT2D eigenvalue weighted by atomic mass is 9.96. The third-order valence-corrected chi connectivity index (χ3v) is 5.83. The van der Waals surface area contributed by atoms with Crippen LogP contribution in [-0.4, -0.2) is 79.2 Å². The number of morpholine rings is 1. The monoisotopic (exact) mass is 300 g/mol. The largest absolute Gasteiger partial charge is 0.375 e. The van der Waals surface area contributed by atoms with E-state index in [1.54, 1.807) is 0 Å². The molecule has 20 heavy (non-hydrogen) atoms. The van der Waals surface area contributed by atoms with E-state index in [9.17, 15) is 0 Å². The van der Waals surface area contributed by atoms with Crippen LogP contribution in [0.2, 0.25) is 0 Å². The predicted octanol–water partition coefficient (Wildman–Crippen LogP) is 0.849. The average Bonchev–Trinajstić information content (AvgIpc) is 2.47. The number of ether oxygens (including phenoxy) is 1. The number of rotatable bonds is 3. The Morgan fingerprint density at radius 1 is 1.40 bits per heavy atom. The van der Waals surface area contributed by atoms with Crippen LogP contribution in [0, 0.1) is 0 Å². The second-order valence-electron chi connectivity index (χ2n) is 5.99. The van der Waals surface area contributed by atoms with Gasteiger partial charge in [0.2, 0.25) is 0 Å². The van der Waals surface area contributed by atoms with Gasteiger partial charge in [-0.25, -0.2) is 0 Å².